The van der Waals surface area contributed by atoms with Crippen molar-refractivity contribution in [3.8, 4) is 16.9 Å². The molecule has 1 aliphatic carbocycles. The van der Waals surface area contributed by atoms with Crippen LogP contribution in [-0.4, -0.2) is 36.7 Å². The van der Waals surface area contributed by atoms with Crippen LogP contribution in [-0.2, 0) is 4.74 Å². The molecule has 0 saturated heterocycles. The Morgan fingerprint density at radius 2 is 1.60 bits per heavy atom. The Hall–Kier alpha value is -4.27. The molecule has 0 fully saturated rings. The number of nitrogens with one attached hydrogen (secondary N) is 1. The highest BCUT2D eigenvalue weighted by Gasteiger charge is 2.31. The number of alkyl halides is 3. The summed E-state index contributed by atoms with van der Waals surface area (Å²) in [5.74, 6) is -2.14. The summed E-state index contributed by atoms with van der Waals surface area (Å²) in [6, 6.07) is 18.9. The van der Waals surface area contributed by atoms with Crippen LogP contribution in [0.4, 0.5) is 18.0 Å². The molecule has 0 spiro atoms. The van der Waals surface area contributed by atoms with Gasteiger partial charge in [0, 0.05) is 12.5 Å². The fraction of sp³-hybridized carbons (Fsp3) is 0.154. The summed E-state index contributed by atoms with van der Waals surface area (Å²) in [4.78, 5) is 23.4. The summed E-state index contributed by atoms with van der Waals surface area (Å²) in [6.07, 6.45) is -2.78. The van der Waals surface area contributed by atoms with Gasteiger partial charge in [-0.05, 0) is 46.0 Å². The summed E-state index contributed by atoms with van der Waals surface area (Å²) >= 11 is 0. The molecule has 1 aliphatic rings. The summed E-state index contributed by atoms with van der Waals surface area (Å²) in [7, 11) is 0. The SMILES string of the molecule is O=C(NCC=Cc1cc(OC(F)(F)F)cc(C(=O)O)c1)OCC1c2ccccc2-c2ccccc21. The molecule has 4 rings (SSSR count). The van der Waals surface area contributed by atoms with E-state index in [-0.39, 0.29) is 30.2 Å². The predicted molar refractivity (Wildman–Crippen MR) is 122 cm³/mol. The first-order chi connectivity index (χ1) is 16.7. The van der Waals surface area contributed by atoms with Crippen molar-refractivity contribution < 1.29 is 37.3 Å². The molecule has 0 heterocycles. The number of halogens is 3. The molecular formula is C26H20F3NO5. The quantitative estimate of drug-likeness (QED) is 0.441. The Kier molecular flexibility index (Phi) is 6.77. The zero-order valence-electron chi connectivity index (χ0n) is 18.2. The van der Waals surface area contributed by atoms with Gasteiger partial charge in [-0.25, -0.2) is 9.59 Å². The summed E-state index contributed by atoms with van der Waals surface area (Å²) in [5, 5.41) is 11.7. The average Bonchev–Trinajstić information content (AvgIpc) is 3.13. The van der Waals surface area contributed by atoms with E-state index in [0.29, 0.717) is 0 Å². The number of benzene rings is 3. The smallest absolute Gasteiger partial charge is 0.478 e. The highest BCUT2D eigenvalue weighted by Crippen LogP contribution is 2.44. The van der Waals surface area contributed by atoms with Gasteiger partial charge in [-0.1, -0.05) is 60.7 Å². The largest absolute Gasteiger partial charge is 0.573 e. The van der Waals surface area contributed by atoms with Crippen LogP contribution in [0, 0.1) is 0 Å². The number of rotatable bonds is 7. The van der Waals surface area contributed by atoms with Gasteiger partial charge in [0.25, 0.3) is 0 Å². The molecule has 9 heteroatoms. The fourth-order valence-corrected chi connectivity index (χ4v) is 4.02. The zero-order chi connectivity index (χ0) is 25.0. The topological polar surface area (TPSA) is 84.9 Å². The first kappa shape index (κ1) is 23.9. The predicted octanol–water partition coefficient (Wildman–Crippen LogP) is 5.84. The third-order valence-electron chi connectivity index (χ3n) is 5.43. The highest BCUT2D eigenvalue weighted by atomic mass is 19.4. The van der Waals surface area contributed by atoms with Crippen LogP contribution in [0.1, 0.15) is 33.0 Å². The molecule has 2 N–H and O–H groups in total. The van der Waals surface area contributed by atoms with Gasteiger partial charge in [-0.15, -0.1) is 13.2 Å². The van der Waals surface area contributed by atoms with Crippen molar-refractivity contribution in [2.75, 3.05) is 13.2 Å². The van der Waals surface area contributed by atoms with E-state index in [2.05, 4.69) is 10.1 Å². The number of carboxylic acid groups (broad SMARTS) is 1. The molecule has 0 radical (unpaired) electrons. The number of carbonyl (C=O) groups excluding carboxylic acids is 1. The average molecular weight is 483 g/mol. The van der Waals surface area contributed by atoms with E-state index in [1.54, 1.807) is 0 Å². The lowest BCUT2D eigenvalue weighted by atomic mass is 9.98. The Morgan fingerprint density at radius 3 is 2.20 bits per heavy atom. The van der Waals surface area contributed by atoms with Gasteiger partial charge in [-0.2, -0.15) is 0 Å². The van der Waals surface area contributed by atoms with Gasteiger partial charge >= 0.3 is 18.4 Å². The molecule has 0 aliphatic heterocycles. The molecule has 35 heavy (non-hydrogen) atoms. The van der Waals surface area contributed by atoms with E-state index < -0.39 is 24.2 Å². The van der Waals surface area contributed by atoms with Gasteiger partial charge in [0.2, 0.25) is 0 Å². The van der Waals surface area contributed by atoms with Crippen molar-refractivity contribution >= 4 is 18.1 Å². The fourth-order valence-electron chi connectivity index (χ4n) is 4.02. The molecule has 0 atom stereocenters. The van der Waals surface area contributed by atoms with E-state index in [4.69, 9.17) is 9.84 Å². The van der Waals surface area contributed by atoms with Crippen molar-refractivity contribution in [1.29, 1.82) is 0 Å². The summed E-state index contributed by atoms with van der Waals surface area (Å²) in [6.45, 7) is 0.159. The Labute approximate surface area is 198 Å². The second-order valence-corrected chi connectivity index (χ2v) is 7.75. The second-order valence-electron chi connectivity index (χ2n) is 7.75. The number of amides is 1. The number of hydrogen-bond donors (Lipinski definition) is 2. The molecule has 0 aromatic heterocycles. The van der Waals surface area contributed by atoms with Gasteiger partial charge < -0.3 is 19.9 Å². The van der Waals surface area contributed by atoms with Gasteiger partial charge in [0.05, 0.1) is 5.56 Å². The maximum atomic E-state index is 12.5. The minimum atomic E-state index is -4.95. The Morgan fingerprint density at radius 1 is 0.971 bits per heavy atom. The number of ether oxygens (including phenoxy) is 2. The standard InChI is InChI=1S/C26H20F3NO5/c27-26(28,29)35-18-13-16(12-17(14-18)24(31)32)6-5-11-30-25(33)34-15-23-21-9-3-1-7-19(21)20-8-2-4-10-22(20)23/h1-10,12-14,23H,11,15H2,(H,30,33)(H,31,32). The lowest BCUT2D eigenvalue weighted by Crippen LogP contribution is -2.26. The van der Waals surface area contributed by atoms with Gasteiger partial charge in [0.1, 0.15) is 12.4 Å². The molecule has 6 nitrogen and oxygen atoms in total. The van der Waals surface area contributed by atoms with Crippen molar-refractivity contribution in [3.63, 3.8) is 0 Å². The van der Waals surface area contributed by atoms with Crippen molar-refractivity contribution in [1.82, 2.24) is 5.32 Å². The normalized spacial score (nSPS) is 12.8. The molecule has 0 bridgehead atoms. The Bertz CT molecular complexity index is 1240. The van der Waals surface area contributed by atoms with E-state index in [1.165, 1.54) is 18.2 Å². The minimum absolute atomic E-state index is 0.0173. The molecule has 180 valence electrons. The maximum absolute atomic E-state index is 12.5. The lowest BCUT2D eigenvalue weighted by molar-refractivity contribution is -0.274. The number of fused-ring (bicyclic) bond motifs is 3. The van der Waals surface area contributed by atoms with Crippen molar-refractivity contribution in [2.45, 2.75) is 12.3 Å². The number of carbonyl (C=O) groups is 2. The molecule has 0 saturated carbocycles. The summed E-state index contributed by atoms with van der Waals surface area (Å²) in [5.41, 5.74) is 4.18. The monoisotopic (exact) mass is 483 g/mol. The van der Waals surface area contributed by atoms with Crippen LogP contribution in [0.15, 0.2) is 72.8 Å². The first-order valence-corrected chi connectivity index (χ1v) is 10.6. The molecule has 0 unspecified atom stereocenters. The zero-order valence-corrected chi connectivity index (χ0v) is 18.2. The van der Waals surface area contributed by atoms with Crippen LogP contribution in [0.3, 0.4) is 0 Å². The van der Waals surface area contributed by atoms with Crippen LogP contribution in [0.2, 0.25) is 0 Å². The number of hydrogen-bond acceptors (Lipinski definition) is 4. The van der Waals surface area contributed by atoms with Crippen LogP contribution in [0.25, 0.3) is 17.2 Å². The molecule has 3 aromatic rings. The number of alkyl carbamates (subject to hydrolysis) is 1. The van der Waals surface area contributed by atoms with Crippen LogP contribution < -0.4 is 10.1 Å². The number of carboxylic acids is 1. The number of aromatic carboxylic acids is 1. The highest BCUT2D eigenvalue weighted by molar-refractivity contribution is 5.89. The van der Waals surface area contributed by atoms with E-state index in [0.717, 1.165) is 34.4 Å². The van der Waals surface area contributed by atoms with Crippen LogP contribution in [0.5, 0.6) is 5.75 Å². The lowest BCUT2D eigenvalue weighted by Gasteiger charge is -2.14. The Balaban J connectivity index is 1.35. The van der Waals surface area contributed by atoms with Crippen LogP contribution >= 0.6 is 0 Å². The summed E-state index contributed by atoms with van der Waals surface area (Å²) < 4.78 is 46.7. The van der Waals surface area contributed by atoms with E-state index in [1.807, 2.05) is 48.5 Å². The van der Waals surface area contributed by atoms with E-state index >= 15 is 0 Å². The minimum Gasteiger partial charge on any atom is -0.478 e. The van der Waals surface area contributed by atoms with Gasteiger partial charge in [0.15, 0.2) is 0 Å². The van der Waals surface area contributed by atoms with Crippen molar-refractivity contribution in [3.05, 3.63) is 95.1 Å². The first-order valence-electron chi connectivity index (χ1n) is 10.6. The molecule has 3 aromatic carbocycles. The third kappa shape index (κ3) is 5.81. The third-order valence-corrected chi connectivity index (χ3v) is 5.43. The molecular weight excluding hydrogens is 463 g/mol. The van der Waals surface area contributed by atoms with Crippen molar-refractivity contribution in [2.24, 2.45) is 0 Å². The van der Waals surface area contributed by atoms with Gasteiger partial charge in [-0.3, -0.25) is 0 Å². The molecule has 1 amide bonds. The van der Waals surface area contributed by atoms with E-state index in [9.17, 15) is 22.8 Å². The second kappa shape index (κ2) is 9.92. The maximum Gasteiger partial charge on any atom is 0.573 e.